The van der Waals surface area contributed by atoms with Crippen LogP contribution in [0.3, 0.4) is 0 Å². The van der Waals surface area contributed by atoms with Crippen molar-refractivity contribution in [2.24, 2.45) is 0 Å². The first kappa shape index (κ1) is 22.5. The Morgan fingerprint density at radius 1 is 0.684 bits per heavy atom. The van der Waals surface area contributed by atoms with Crippen molar-refractivity contribution in [1.82, 2.24) is 10.6 Å². The van der Waals surface area contributed by atoms with Crippen molar-refractivity contribution < 1.29 is 19.2 Å². The fourth-order valence-corrected chi connectivity index (χ4v) is 0.813. The number of Topliss-reactive ketones (excluding diaryl/α,β-unsaturated/α-hetero) is 2. The summed E-state index contributed by atoms with van der Waals surface area (Å²) in [5.74, 6) is -0.384. The molecule has 6 nitrogen and oxygen atoms in total. The predicted molar refractivity (Wildman–Crippen MR) is 74.7 cm³/mol. The van der Waals surface area contributed by atoms with Gasteiger partial charge in [-0.2, -0.15) is 0 Å². The molecule has 2 atom stereocenters. The Hall–Kier alpha value is -1.72. The highest BCUT2D eigenvalue weighted by atomic mass is 16.2. The monoisotopic (exact) mass is 274 g/mol. The van der Waals surface area contributed by atoms with Crippen LogP contribution in [0.25, 0.3) is 0 Å². The zero-order valence-corrected chi connectivity index (χ0v) is 11.8. The number of hydrogen-bond acceptors (Lipinski definition) is 4. The average molecular weight is 274 g/mol. The maximum absolute atomic E-state index is 10.5. The molecule has 2 amide bonds. The van der Waals surface area contributed by atoms with E-state index in [0.29, 0.717) is 0 Å². The van der Waals surface area contributed by atoms with E-state index in [0.717, 1.165) is 0 Å². The average Bonchev–Trinajstić information content (AvgIpc) is 2.16. The quantitative estimate of drug-likeness (QED) is 0.794. The van der Waals surface area contributed by atoms with E-state index in [-0.39, 0.29) is 42.9 Å². The molecule has 0 bridgehead atoms. The number of ketones is 2. The lowest BCUT2D eigenvalue weighted by atomic mass is 10.2. The van der Waals surface area contributed by atoms with Gasteiger partial charge in [-0.25, -0.2) is 0 Å². The minimum atomic E-state index is -0.345. The van der Waals surface area contributed by atoms with E-state index in [9.17, 15) is 19.2 Å². The third kappa shape index (κ3) is 16.3. The van der Waals surface area contributed by atoms with Gasteiger partial charge in [0.05, 0.1) is 12.1 Å². The van der Waals surface area contributed by atoms with Crippen LogP contribution in [0.1, 0.15) is 49.0 Å². The molecule has 0 saturated heterocycles. The summed E-state index contributed by atoms with van der Waals surface area (Å²) in [5.41, 5.74) is 0. The van der Waals surface area contributed by atoms with Crippen molar-refractivity contribution in [1.29, 1.82) is 0 Å². The van der Waals surface area contributed by atoms with Gasteiger partial charge in [-0.05, 0) is 27.7 Å². The van der Waals surface area contributed by atoms with Crippen LogP contribution in [-0.4, -0.2) is 35.5 Å². The van der Waals surface area contributed by atoms with E-state index in [1.54, 1.807) is 13.8 Å². The summed E-state index contributed by atoms with van der Waals surface area (Å²) < 4.78 is 0. The minimum Gasteiger partial charge on any atom is -0.347 e. The SMILES string of the molecule is C.CC(=O)NC(C)C(C)=O.CC(=O)NC(C)C(C)=O. The summed E-state index contributed by atoms with van der Waals surface area (Å²) in [4.78, 5) is 41.5. The molecule has 2 N–H and O–H groups in total. The van der Waals surface area contributed by atoms with E-state index in [1.165, 1.54) is 27.7 Å². The Kier molecular flexibility index (Phi) is 13.4. The van der Waals surface area contributed by atoms with Gasteiger partial charge in [0.2, 0.25) is 11.8 Å². The van der Waals surface area contributed by atoms with Crippen molar-refractivity contribution in [2.45, 2.75) is 61.1 Å². The molecule has 0 saturated carbocycles. The van der Waals surface area contributed by atoms with Crippen molar-refractivity contribution in [2.75, 3.05) is 0 Å². The standard InChI is InChI=1S/2C6H11NO2.CH4/c2*1-4(5(2)8)7-6(3)9;/h2*4H,1-3H3,(H,7,9);1H4. The van der Waals surface area contributed by atoms with Crippen LogP contribution in [0.4, 0.5) is 0 Å². The second kappa shape index (κ2) is 11.4. The molecule has 6 heteroatoms. The highest BCUT2D eigenvalue weighted by Crippen LogP contribution is 1.82. The fraction of sp³-hybridized carbons (Fsp3) is 0.692. The van der Waals surface area contributed by atoms with Gasteiger partial charge < -0.3 is 10.6 Å². The highest BCUT2D eigenvalue weighted by Gasteiger charge is 2.06. The smallest absolute Gasteiger partial charge is 0.217 e. The molecule has 0 aliphatic carbocycles. The summed E-state index contributed by atoms with van der Waals surface area (Å²) >= 11 is 0. The molecule has 0 aromatic heterocycles. The molecular formula is C13H26N2O4. The van der Waals surface area contributed by atoms with Crippen molar-refractivity contribution >= 4 is 23.4 Å². The topological polar surface area (TPSA) is 92.3 Å². The Bertz CT molecular complexity index is 295. The van der Waals surface area contributed by atoms with E-state index in [1.807, 2.05) is 0 Å². The van der Waals surface area contributed by atoms with Crippen molar-refractivity contribution in [3.63, 3.8) is 0 Å². The third-order valence-electron chi connectivity index (χ3n) is 2.06. The van der Waals surface area contributed by atoms with Crippen molar-refractivity contribution in [3.8, 4) is 0 Å². The Morgan fingerprint density at radius 2 is 0.895 bits per heavy atom. The van der Waals surface area contributed by atoms with Crippen LogP contribution in [0.5, 0.6) is 0 Å². The number of amides is 2. The molecule has 2 unspecified atom stereocenters. The zero-order valence-electron chi connectivity index (χ0n) is 11.8. The Balaban J connectivity index is -0.000000256. The summed E-state index contributed by atoms with van der Waals surface area (Å²) in [7, 11) is 0. The largest absolute Gasteiger partial charge is 0.347 e. The number of carbonyl (C=O) groups is 4. The molecule has 0 radical (unpaired) electrons. The summed E-state index contributed by atoms with van der Waals surface area (Å²) in [6, 6.07) is -0.690. The van der Waals surface area contributed by atoms with Crippen LogP contribution in [0, 0.1) is 0 Å². The van der Waals surface area contributed by atoms with E-state index in [2.05, 4.69) is 10.6 Å². The molecule has 0 rings (SSSR count). The Labute approximate surface area is 115 Å². The van der Waals surface area contributed by atoms with Gasteiger partial charge in [-0.3, -0.25) is 19.2 Å². The first-order chi connectivity index (χ1) is 8.07. The normalized spacial score (nSPS) is 11.7. The predicted octanol–water partition coefficient (Wildman–Crippen LogP) is 0.836. The van der Waals surface area contributed by atoms with Crippen LogP contribution >= 0.6 is 0 Å². The molecule has 112 valence electrons. The van der Waals surface area contributed by atoms with Crippen LogP contribution in [0.15, 0.2) is 0 Å². The van der Waals surface area contributed by atoms with Crippen LogP contribution < -0.4 is 10.6 Å². The van der Waals surface area contributed by atoms with Gasteiger partial charge in [-0.15, -0.1) is 0 Å². The summed E-state index contributed by atoms with van der Waals surface area (Å²) in [6.45, 7) is 8.98. The fourth-order valence-electron chi connectivity index (χ4n) is 0.813. The Morgan fingerprint density at radius 3 is 0.947 bits per heavy atom. The molecule has 0 fully saturated rings. The second-order valence-corrected chi connectivity index (χ2v) is 4.07. The molecule has 19 heavy (non-hydrogen) atoms. The highest BCUT2D eigenvalue weighted by molar-refractivity contribution is 5.86. The van der Waals surface area contributed by atoms with E-state index < -0.39 is 0 Å². The maximum Gasteiger partial charge on any atom is 0.217 e. The van der Waals surface area contributed by atoms with Crippen LogP contribution in [-0.2, 0) is 19.2 Å². The first-order valence-corrected chi connectivity index (χ1v) is 5.63. The van der Waals surface area contributed by atoms with Gasteiger partial charge in [0, 0.05) is 13.8 Å². The first-order valence-electron chi connectivity index (χ1n) is 5.63. The molecule has 0 heterocycles. The molecule has 0 aliphatic rings. The van der Waals surface area contributed by atoms with E-state index in [4.69, 9.17) is 0 Å². The van der Waals surface area contributed by atoms with Crippen LogP contribution in [0.2, 0.25) is 0 Å². The lowest BCUT2D eigenvalue weighted by molar-refractivity contribution is -0.125. The van der Waals surface area contributed by atoms with Gasteiger partial charge in [0.1, 0.15) is 0 Å². The number of carbonyl (C=O) groups excluding carboxylic acids is 4. The molecule has 0 aromatic rings. The summed E-state index contributed by atoms with van der Waals surface area (Å²) in [6.07, 6.45) is 0. The molecule has 0 aromatic carbocycles. The number of rotatable bonds is 4. The second-order valence-electron chi connectivity index (χ2n) is 4.07. The van der Waals surface area contributed by atoms with E-state index >= 15 is 0 Å². The van der Waals surface area contributed by atoms with Gasteiger partial charge in [-0.1, -0.05) is 7.43 Å². The van der Waals surface area contributed by atoms with Crippen molar-refractivity contribution in [3.05, 3.63) is 0 Å². The van der Waals surface area contributed by atoms with Gasteiger partial charge >= 0.3 is 0 Å². The summed E-state index contributed by atoms with van der Waals surface area (Å²) in [5, 5.41) is 4.91. The zero-order chi connectivity index (χ0) is 14.9. The molecule has 0 aliphatic heterocycles. The lowest BCUT2D eigenvalue weighted by Crippen LogP contribution is -2.35. The lowest BCUT2D eigenvalue weighted by Gasteiger charge is -2.06. The number of nitrogens with one attached hydrogen (secondary N) is 2. The molecular weight excluding hydrogens is 248 g/mol. The minimum absolute atomic E-state index is 0. The van der Waals surface area contributed by atoms with Gasteiger partial charge in [0.25, 0.3) is 0 Å². The third-order valence-corrected chi connectivity index (χ3v) is 2.06. The maximum atomic E-state index is 10.5. The van der Waals surface area contributed by atoms with Gasteiger partial charge in [0.15, 0.2) is 11.6 Å². The number of hydrogen-bond donors (Lipinski definition) is 2. The molecule has 0 spiro atoms.